The number of rotatable bonds is 2. The van der Waals surface area contributed by atoms with Crippen molar-refractivity contribution in [3.05, 3.63) is 30.3 Å². The molecule has 3 fully saturated rings. The molecular formula is C19H24N2O3. The topological polar surface area (TPSA) is 49.9 Å². The minimum Gasteiger partial charge on any atom is -0.363 e. The van der Waals surface area contributed by atoms with Crippen molar-refractivity contribution in [1.82, 2.24) is 4.90 Å². The van der Waals surface area contributed by atoms with Crippen LogP contribution in [-0.4, -0.2) is 48.1 Å². The van der Waals surface area contributed by atoms with Crippen LogP contribution in [0, 0.1) is 5.92 Å². The molecule has 2 aliphatic heterocycles. The van der Waals surface area contributed by atoms with Gasteiger partial charge in [0.25, 0.3) is 5.91 Å². The number of benzene rings is 1. The molecule has 5 nitrogen and oxygen atoms in total. The fraction of sp³-hybridized carbons (Fsp3) is 0.579. The molecule has 5 heteroatoms. The zero-order chi connectivity index (χ0) is 16.7. The summed E-state index contributed by atoms with van der Waals surface area (Å²) < 4.78 is 5.93. The number of nitrogens with zero attached hydrogens (tertiary/aromatic N) is 2. The zero-order valence-electron chi connectivity index (χ0n) is 14.1. The first-order valence-electron chi connectivity index (χ1n) is 8.88. The standard InChI is InChI=1S/C19H24N2O3/c1-19-10-11-20(18(23)14-6-5-7-14)12-16(19)21(17(22)13-24-19)15-8-3-2-4-9-15/h2-4,8-9,14,16H,5-7,10-13H2,1H3/t16-,19-/m1/s1. The van der Waals surface area contributed by atoms with Gasteiger partial charge in [-0.25, -0.2) is 0 Å². The summed E-state index contributed by atoms with van der Waals surface area (Å²) in [6.07, 6.45) is 3.94. The van der Waals surface area contributed by atoms with Crippen LogP contribution in [0.3, 0.4) is 0 Å². The van der Waals surface area contributed by atoms with E-state index in [0.717, 1.165) is 37.9 Å². The molecule has 1 saturated carbocycles. The Labute approximate surface area is 142 Å². The van der Waals surface area contributed by atoms with Gasteiger partial charge in [0.1, 0.15) is 6.61 Å². The Morgan fingerprint density at radius 3 is 2.67 bits per heavy atom. The van der Waals surface area contributed by atoms with Crippen LogP contribution in [0.4, 0.5) is 5.69 Å². The van der Waals surface area contributed by atoms with E-state index in [1.165, 1.54) is 0 Å². The van der Waals surface area contributed by atoms with E-state index in [1.54, 1.807) is 0 Å². The molecule has 4 rings (SSSR count). The number of anilines is 1. The molecule has 1 aromatic carbocycles. The third kappa shape index (κ3) is 2.51. The summed E-state index contributed by atoms with van der Waals surface area (Å²) in [6.45, 7) is 3.47. The summed E-state index contributed by atoms with van der Waals surface area (Å²) in [7, 11) is 0. The van der Waals surface area contributed by atoms with Crippen molar-refractivity contribution in [3.8, 4) is 0 Å². The van der Waals surface area contributed by atoms with Gasteiger partial charge < -0.3 is 14.5 Å². The highest BCUT2D eigenvalue weighted by Gasteiger charge is 2.50. The average Bonchev–Trinajstić information content (AvgIpc) is 2.54. The van der Waals surface area contributed by atoms with Crippen LogP contribution in [0.1, 0.15) is 32.6 Å². The second-order valence-corrected chi connectivity index (χ2v) is 7.38. The molecule has 1 aromatic rings. The molecule has 0 bridgehead atoms. The van der Waals surface area contributed by atoms with Crippen molar-refractivity contribution >= 4 is 17.5 Å². The minimum atomic E-state index is -0.389. The van der Waals surface area contributed by atoms with Gasteiger partial charge in [-0.15, -0.1) is 0 Å². The van der Waals surface area contributed by atoms with Crippen molar-refractivity contribution in [2.24, 2.45) is 5.92 Å². The first-order valence-corrected chi connectivity index (χ1v) is 8.88. The van der Waals surface area contributed by atoms with Gasteiger partial charge in [0.05, 0.1) is 11.6 Å². The van der Waals surface area contributed by atoms with Crippen molar-refractivity contribution in [3.63, 3.8) is 0 Å². The largest absolute Gasteiger partial charge is 0.363 e. The maximum absolute atomic E-state index is 12.7. The normalized spacial score (nSPS) is 30.7. The Hall–Kier alpha value is -1.88. The second kappa shape index (κ2) is 5.88. The van der Waals surface area contributed by atoms with E-state index >= 15 is 0 Å². The number of fused-ring (bicyclic) bond motifs is 1. The van der Waals surface area contributed by atoms with Gasteiger partial charge >= 0.3 is 0 Å². The van der Waals surface area contributed by atoms with Gasteiger partial charge in [-0.3, -0.25) is 9.59 Å². The number of para-hydroxylation sites is 1. The van der Waals surface area contributed by atoms with Crippen molar-refractivity contribution in [1.29, 1.82) is 0 Å². The molecule has 0 aromatic heterocycles. The molecule has 24 heavy (non-hydrogen) atoms. The van der Waals surface area contributed by atoms with Crippen LogP contribution >= 0.6 is 0 Å². The fourth-order valence-corrected chi connectivity index (χ4v) is 4.04. The molecule has 2 amide bonds. The van der Waals surface area contributed by atoms with Crippen LogP contribution in [0.5, 0.6) is 0 Å². The number of likely N-dealkylation sites (tertiary alicyclic amines) is 1. The highest BCUT2D eigenvalue weighted by Crippen LogP contribution is 2.37. The van der Waals surface area contributed by atoms with Gasteiger partial charge in [-0.05, 0) is 38.3 Å². The number of carbonyl (C=O) groups is 2. The van der Waals surface area contributed by atoms with E-state index in [9.17, 15) is 9.59 Å². The van der Waals surface area contributed by atoms with Crippen LogP contribution in [0.2, 0.25) is 0 Å². The third-order valence-corrected chi connectivity index (χ3v) is 5.88. The number of hydrogen-bond acceptors (Lipinski definition) is 3. The fourth-order valence-electron chi connectivity index (χ4n) is 4.04. The molecule has 0 radical (unpaired) electrons. The number of morpholine rings is 1. The summed E-state index contributed by atoms with van der Waals surface area (Å²) in [6, 6.07) is 9.61. The van der Waals surface area contributed by atoms with Crippen LogP contribution in [0.15, 0.2) is 30.3 Å². The SMILES string of the molecule is C[C@@]12CCN(C(=O)C3CCC3)C[C@H]1N(c1ccccc1)C(=O)CO2. The van der Waals surface area contributed by atoms with Crippen molar-refractivity contribution < 1.29 is 14.3 Å². The summed E-state index contributed by atoms with van der Waals surface area (Å²) in [4.78, 5) is 29.0. The molecular weight excluding hydrogens is 304 g/mol. The van der Waals surface area contributed by atoms with E-state index in [4.69, 9.17) is 4.74 Å². The number of piperidine rings is 1. The zero-order valence-corrected chi connectivity index (χ0v) is 14.1. The summed E-state index contributed by atoms with van der Waals surface area (Å²) in [5.41, 5.74) is 0.500. The predicted octanol–water partition coefficient (Wildman–Crippen LogP) is 2.21. The smallest absolute Gasteiger partial charge is 0.253 e. The molecule has 2 heterocycles. The maximum Gasteiger partial charge on any atom is 0.253 e. The lowest BCUT2D eigenvalue weighted by atomic mass is 9.81. The van der Waals surface area contributed by atoms with Gasteiger partial charge in [-0.1, -0.05) is 24.6 Å². The molecule has 0 N–H and O–H groups in total. The molecule has 0 spiro atoms. The van der Waals surface area contributed by atoms with Crippen LogP contribution in [-0.2, 0) is 14.3 Å². The number of hydrogen-bond donors (Lipinski definition) is 0. The van der Waals surface area contributed by atoms with E-state index in [2.05, 4.69) is 6.92 Å². The van der Waals surface area contributed by atoms with Crippen molar-refractivity contribution in [2.75, 3.05) is 24.6 Å². The minimum absolute atomic E-state index is 0.0263. The monoisotopic (exact) mass is 328 g/mol. The maximum atomic E-state index is 12.7. The van der Waals surface area contributed by atoms with E-state index < -0.39 is 0 Å². The Bertz CT molecular complexity index is 643. The van der Waals surface area contributed by atoms with Gasteiger partial charge in [0.15, 0.2) is 0 Å². The highest BCUT2D eigenvalue weighted by molar-refractivity contribution is 5.96. The van der Waals surface area contributed by atoms with E-state index in [0.29, 0.717) is 6.54 Å². The summed E-state index contributed by atoms with van der Waals surface area (Å²) in [5.74, 6) is 0.427. The number of carbonyl (C=O) groups excluding carboxylic acids is 2. The first kappa shape index (κ1) is 15.6. The lowest BCUT2D eigenvalue weighted by molar-refractivity contribution is -0.158. The molecule has 128 valence electrons. The van der Waals surface area contributed by atoms with Crippen molar-refractivity contribution in [2.45, 2.75) is 44.2 Å². The van der Waals surface area contributed by atoms with Crippen LogP contribution < -0.4 is 4.90 Å². The van der Waals surface area contributed by atoms with Gasteiger partial charge in [0.2, 0.25) is 5.91 Å². The van der Waals surface area contributed by atoms with Crippen LogP contribution in [0.25, 0.3) is 0 Å². The molecule has 2 atom stereocenters. The average molecular weight is 328 g/mol. The number of amides is 2. The highest BCUT2D eigenvalue weighted by atomic mass is 16.5. The molecule has 3 aliphatic rings. The summed E-state index contributed by atoms with van der Waals surface area (Å²) >= 11 is 0. The molecule has 1 aliphatic carbocycles. The Kier molecular flexibility index (Phi) is 3.83. The van der Waals surface area contributed by atoms with E-state index in [-0.39, 0.29) is 36.0 Å². The first-order chi connectivity index (χ1) is 11.6. The van der Waals surface area contributed by atoms with Gasteiger partial charge in [0, 0.05) is 24.7 Å². The van der Waals surface area contributed by atoms with E-state index in [1.807, 2.05) is 40.1 Å². The Morgan fingerprint density at radius 2 is 2.00 bits per heavy atom. The molecule has 0 unspecified atom stereocenters. The Morgan fingerprint density at radius 1 is 1.25 bits per heavy atom. The summed E-state index contributed by atoms with van der Waals surface area (Å²) in [5, 5.41) is 0. The Balaban J connectivity index is 1.61. The number of ether oxygens (including phenoxy) is 1. The predicted molar refractivity (Wildman–Crippen MR) is 90.6 cm³/mol. The quantitative estimate of drug-likeness (QED) is 0.836. The second-order valence-electron chi connectivity index (χ2n) is 7.38. The van der Waals surface area contributed by atoms with Gasteiger partial charge in [-0.2, -0.15) is 0 Å². The lowest BCUT2D eigenvalue weighted by Crippen LogP contribution is -2.68. The molecule has 2 saturated heterocycles. The third-order valence-electron chi connectivity index (χ3n) is 5.88. The lowest BCUT2D eigenvalue weighted by Gasteiger charge is -2.53.